The Morgan fingerprint density at radius 2 is 2.15 bits per heavy atom. The number of thiazole rings is 1. The smallest absolute Gasteiger partial charge is 0.244 e. The average molecular weight is 288 g/mol. The number of aryl methyl sites for hydroxylation is 1. The van der Waals surface area contributed by atoms with Gasteiger partial charge >= 0.3 is 0 Å². The van der Waals surface area contributed by atoms with Crippen molar-refractivity contribution in [3.05, 3.63) is 47.0 Å². The largest absolute Gasteiger partial charge is 0.301 e. The molecule has 1 aromatic heterocycles. The molecular formula is C14H16N4OS. The summed E-state index contributed by atoms with van der Waals surface area (Å²) in [7, 11) is 0. The Balaban J connectivity index is 1.61. The Morgan fingerprint density at radius 1 is 1.35 bits per heavy atom. The number of aromatic nitrogens is 1. The maximum Gasteiger partial charge on any atom is 0.244 e. The highest BCUT2D eigenvalue weighted by molar-refractivity contribution is 7.13. The van der Waals surface area contributed by atoms with Gasteiger partial charge in [0.25, 0.3) is 0 Å². The number of carbonyl (C=O) groups excluding carboxylic acids is 1. The second kappa shape index (κ2) is 5.70. The van der Waals surface area contributed by atoms with Crippen molar-refractivity contribution in [2.45, 2.75) is 25.4 Å². The van der Waals surface area contributed by atoms with Gasteiger partial charge in [-0.2, -0.15) is 0 Å². The van der Waals surface area contributed by atoms with Gasteiger partial charge in [-0.3, -0.25) is 4.79 Å². The Labute approximate surface area is 121 Å². The monoisotopic (exact) mass is 288 g/mol. The molecule has 0 bridgehead atoms. The molecule has 3 rings (SSSR count). The summed E-state index contributed by atoms with van der Waals surface area (Å²) in [6.07, 6.45) is 0.722. The van der Waals surface area contributed by atoms with Crippen LogP contribution in [0.15, 0.2) is 35.7 Å². The Hall–Kier alpha value is -1.76. The maximum atomic E-state index is 12.2. The van der Waals surface area contributed by atoms with E-state index in [1.807, 2.05) is 30.5 Å². The standard InChI is InChI=1S/C14H16N4OS/c1-9-8-20-14(15-9)16-13(19)12-7-11(17-18-12)10-5-3-2-4-6-10/h2-6,8,11-12,17-18H,7H2,1H3,(H,15,16,19). The van der Waals surface area contributed by atoms with Gasteiger partial charge in [0.15, 0.2) is 5.13 Å². The van der Waals surface area contributed by atoms with Crippen LogP contribution < -0.4 is 16.2 Å². The topological polar surface area (TPSA) is 66.1 Å². The van der Waals surface area contributed by atoms with Crippen LogP contribution in [0.4, 0.5) is 5.13 Å². The highest BCUT2D eigenvalue weighted by Gasteiger charge is 2.30. The van der Waals surface area contributed by atoms with Gasteiger partial charge in [-0.15, -0.1) is 11.3 Å². The number of nitrogens with one attached hydrogen (secondary N) is 3. The first-order valence-corrected chi connectivity index (χ1v) is 7.39. The summed E-state index contributed by atoms with van der Waals surface area (Å²) >= 11 is 1.44. The van der Waals surface area contributed by atoms with Crippen LogP contribution in [0, 0.1) is 6.92 Å². The zero-order chi connectivity index (χ0) is 13.9. The van der Waals surface area contributed by atoms with Crippen molar-refractivity contribution in [3.63, 3.8) is 0 Å². The number of nitrogens with zero attached hydrogens (tertiary/aromatic N) is 1. The molecule has 104 valence electrons. The molecule has 0 radical (unpaired) electrons. The lowest BCUT2D eigenvalue weighted by Crippen LogP contribution is -2.39. The molecule has 6 heteroatoms. The first kappa shape index (κ1) is 13.2. The number of carbonyl (C=O) groups is 1. The van der Waals surface area contributed by atoms with Crippen LogP contribution in [-0.4, -0.2) is 16.9 Å². The molecule has 0 spiro atoms. The first-order valence-electron chi connectivity index (χ1n) is 6.51. The molecule has 0 aliphatic carbocycles. The van der Waals surface area contributed by atoms with Crippen molar-refractivity contribution in [1.29, 1.82) is 0 Å². The minimum Gasteiger partial charge on any atom is -0.301 e. The lowest BCUT2D eigenvalue weighted by molar-refractivity contribution is -0.117. The number of anilines is 1. The van der Waals surface area contributed by atoms with E-state index in [0.29, 0.717) is 5.13 Å². The molecule has 2 aromatic rings. The lowest BCUT2D eigenvalue weighted by atomic mass is 10.0. The van der Waals surface area contributed by atoms with Gasteiger partial charge in [-0.25, -0.2) is 15.8 Å². The summed E-state index contributed by atoms with van der Waals surface area (Å²) in [5.41, 5.74) is 8.32. The minimum absolute atomic E-state index is 0.0507. The third-order valence-corrected chi connectivity index (χ3v) is 4.15. The van der Waals surface area contributed by atoms with E-state index in [4.69, 9.17) is 0 Å². The number of amides is 1. The van der Waals surface area contributed by atoms with E-state index in [9.17, 15) is 4.79 Å². The molecule has 1 aliphatic rings. The second-order valence-electron chi connectivity index (χ2n) is 4.82. The summed E-state index contributed by atoms with van der Waals surface area (Å²) in [6.45, 7) is 1.91. The Bertz CT molecular complexity index is 598. The summed E-state index contributed by atoms with van der Waals surface area (Å²) in [4.78, 5) is 16.4. The average Bonchev–Trinajstić information content (AvgIpc) is 3.09. The van der Waals surface area contributed by atoms with Gasteiger partial charge in [0.05, 0.1) is 5.69 Å². The molecule has 0 saturated carbocycles. The fourth-order valence-corrected chi connectivity index (χ4v) is 2.93. The number of benzene rings is 1. The van der Waals surface area contributed by atoms with Crippen LogP contribution >= 0.6 is 11.3 Å². The highest BCUT2D eigenvalue weighted by Crippen LogP contribution is 2.23. The normalized spacial score (nSPS) is 21.9. The van der Waals surface area contributed by atoms with Crippen LogP contribution in [0.2, 0.25) is 0 Å². The predicted octanol–water partition coefficient (Wildman–Crippen LogP) is 2.00. The van der Waals surface area contributed by atoms with E-state index < -0.39 is 0 Å². The van der Waals surface area contributed by atoms with E-state index in [0.717, 1.165) is 12.1 Å². The summed E-state index contributed by atoms with van der Waals surface area (Å²) in [6, 6.07) is 10.0. The van der Waals surface area contributed by atoms with Crippen LogP contribution in [-0.2, 0) is 4.79 Å². The number of rotatable bonds is 3. The lowest BCUT2D eigenvalue weighted by Gasteiger charge is -2.09. The van der Waals surface area contributed by atoms with Crippen LogP contribution in [0.25, 0.3) is 0 Å². The van der Waals surface area contributed by atoms with Crippen molar-refractivity contribution in [2.75, 3.05) is 5.32 Å². The quantitative estimate of drug-likeness (QED) is 0.808. The zero-order valence-electron chi connectivity index (χ0n) is 11.1. The van der Waals surface area contributed by atoms with Gasteiger partial charge in [0, 0.05) is 11.4 Å². The third kappa shape index (κ3) is 2.87. The SMILES string of the molecule is Cc1csc(NC(=O)C2CC(c3ccccc3)NN2)n1. The second-order valence-corrected chi connectivity index (χ2v) is 5.68. The van der Waals surface area contributed by atoms with Crippen molar-refractivity contribution < 1.29 is 4.79 Å². The molecule has 2 heterocycles. The molecule has 3 N–H and O–H groups in total. The van der Waals surface area contributed by atoms with Crippen LogP contribution in [0.5, 0.6) is 0 Å². The predicted molar refractivity (Wildman–Crippen MR) is 79.3 cm³/mol. The first-order chi connectivity index (χ1) is 9.72. The molecule has 20 heavy (non-hydrogen) atoms. The summed E-state index contributed by atoms with van der Waals surface area (Å²) in [5.74, 6) is -0.0507. The third-order valence-electron chi connectivity index (χ3n) is 3.27. The van der Waals surface area contributed by atoms with E-state index in [-0.39, 0.29) is 18.0 Å². The highest BCUT2D eigenvalue weighted by atomic mass is 32.1. The van der Waals surface area contributed by atoms with Crippen molar-refractivity contribution in [2.24, 2.45) is 0 Å². The van der Waals surface area contributed by atoms with Gasteiger partial charge in [-0.1, -0.05) is 30.3 Å². The summed E-state index contributed by atoms with van der Waals surface area (Å²) < 4.78 is 0. The Morgan fingerprint density at radius 3 is 2.85 bits per heavy atom. The van der Waals surface area contributed by atoms with Crippen LogP contribution in [0.1, 0.15) is 23.7 Å². The summed E-state index contributed by atoms with van der Waals surface area (Å²) in [5, 5.41) is 5.41. The molecular weight excluding hydrogens is 272 g/mol. The number of hydrogen-bond acceptors (Lipinski definition) is 5. The van der Waals surface area contributed by atoms with Crippen molar-refractivity contribution >= 4 is 22.4 Å². The molecule has 2 atom stereocenters. The molecule has 1 fully saturated rings. The number of hydrogen-bond donors (Lipinski definition) is 3. The molecule has 2 unspecified atom stereocenters. The Kier molecular flexibility index (Phi) is 3.77. The van der Waals surface area contributed by atoms with Crippen molar-refractivity contribution in [1.82, 2.24) is 15.8 Å². The fraction of sp³-hybridized carbons (Fsp3) is 0.286. The molecule has 5 nitrogen and oxygen atoms in total. The molecule has 1 aliphatic heterocycles. The molecule has 1 saturated heterocycles. The van der Waals surface area contributed by atoms with Gasteiger partial charge < -0.3 is 5.32 Å². The van der Waals surface area contributed by atoms with E-state index >= 15 is 0 Å². The minimum atomic E-state index is -0.246. The van der Waals surface area contributed by atoms with E-state index in [1.54, 1.807) is 0 Å². The van der Waals surface area contributed by atoms with Gasteiger partial charge in [-0.05, 0) is 18.9 Å². The van der Waals surface area contributed by atoms with Gasteiger partial charge in [0.1, 0.15) is 6.04 Å². The molecule has 1 aromatic carbocycles. The zero-order valence-corrected chi connectivity index (χ0v) is 11.9. The van der Waals surface area contributed by atoms with E-state index in [2.05, 4.69) is 33.3 Å². The van der Waals surface area contributed by atoms with Crippen molar-refractivity contribution in [3.8, 4) is 0 Å². The molecule has 1 amide bonds. The number of hydrazine groups is 1. The van der Waals surface area contributed by atoms with E-state index in [1.165, 1.54) is 16.9 Å². The maximum absolute atomic E-state index is 12.2. The van der Waals surface area contributed by atoms with Gasteiger partial charge in [0.2, 0.25) is 5.91 Å². The van der Waals surface area contributed by atoms with Crippen LogP contribution in [0.3, 0.4) is 0 Å². The fourth-order valence-electron chi connectivity index (χ4n) is 2.24.